The molecule has 239 valence electrons. The van der Waals surface area contributed by atoms with Gasteiger partial charge in [-0.3, -0.25) is 0 Å². The molecule has 0 saturated heterocycles. The highest BCUT2D eigenvalue weighted by atomic mass is 28.1. The van der Waals surface area contributed by atoms with E-state index in [-0.39, 0.29) is 10.8 Å². The Labute approximate surface area is 299 Å². The summed E-state index contributed by atoms with van der Waals surface area (Å²) in [5.41, 5.74) is 19.4. The lowest BCUT2D eigenvalue weighted by Gasteiger charge is -2.26. The normalized spacial score (nSPS) is 14.4. The molecule has 1 nitrogen and oxygen atoms in total. The van der Waals surface area contributed by atoms with Gasteiger partial charge in [-0.2, -0.15) is 0 Å². The number of benzene rings is 7. The molecule has 0 N–H and O–H groups in total. The minimum Gasteiger partial charge on any atom is -0.311 e. The van der Waals surface area contributed by atoms with Crippen LogP contribution in [0.25, 0.3) is 44.5 Å². The number of hydrogen-bond acceptors (Lipinski definition) is 1. The molecular weight excluding hydrogens is 619 g/mol. The molecule has 0 aromatic heterocycles. The van der Waals surface area contributed by atoms with E-state index in [4.69, 9.17) is 0 Å². The lowest BCUT2D eigenvalue weighted by atomic mass is 9.79. The van der Waals surface area contributed by atoms with Gasteiger partial charge in [-0.05, 0) is 115 Å². The van der Waals surface area contributed by atoms with Crippen molar-refractivity contribution in [1.82, 2.24) is 0 Å². The van der Waals surface area contributed by atoms with Gasteiger partial charge in [0.1, 0.15) is 0 Å². The average molecular weight is 657 g/mol. The van der Waals surface area contributed by atoms with Gasteiger partial charge in [-0.25, -0.2) is 0 Å². The van der Waals surface area contributed by atoms with E-state index in [1.54, 1.807) is 0 Å². The maximum Gasteiger partial charge on any atom is 0.0711 e. The molecule has 7 aromatic rings. The molecule has 0 bridgehead atoms. The predicted molar refractivity (Wildman–Crippen MR) is 213 cm³/mol. The zero-order valence-corrected chi connectivity index (χ0v) is 30.0. The monoisotopic (exact) mass is 656 g/mol. The highest BCUT2D eigenvalue weighted by Crippen LogP contribution is 2.57. The van der Waals surface area contributed by atoms with E-state index in [0.29, 0.717) is 0 Å². The van der Waals surface area contributed by atoms with Crippen LogP contribution in [0.15, 0.2) is 158 Å². The molecule has 0 saturated carbocycles. The zero-order chi connectivity index (χ0) is 34.2. The quantitative estimate of drug-likeness (QED) is 0.167. The van der Waals surface area contributed by atoms with E-state index in [1.165, 1.54) is 66.8 Å². The molecule has 0 unspecified atom stereocenters. The molecule has 2 aliphatic carbocycles. The Morgan fingerprint density at radius 2 is 0.860 bits per heavy atom. The van der Waals surface area contributed by atoms with Crippen LogP contribution in [0.5, 0.6) is 0 Å². The Morgan fingerprint density at radius 3 is 1.54 bits per heavy atom. The molecule has 2 heteroatoms. The summed E-state index contributed by atoms with van der Waals surface area (Å²) in [4.78, 5) is 2.34. The third-order valence-electron chi connectivity index (χ3n) is 11.2. The second kappa shape index (κ2) is 11.3. The maximum absolute atomic E-state index is 3.61. The third kappa shape index (κ3) is 4.66. The summed E-state index contributed by atoms with van der Waals surface area (Å²) in [7, 11) is 3.61. The molecule has 2 aliphatic rings. The van der Waals surface area contributed by atoms with Crippen LogP contribution in [0.1, 0.15) is 49.9 Å². The third-order valence-corrected chi connectivity index (χ3v) is 11.5. The van der Waals surface area contributed by atoms with E-state index in [9.17, 15) is 0 Å². The minimum atomic E-state index is -0.0935. The number of anilines is 3. The largest absolute Gasteiger partial charge is 0.311 e. The van der Waals surface area contributed by atoms with E-state index < -0.39 is 0 Å². The summed E-state index contributed by atoms with van der Waals surface area (Å²) in [5, 5.41) is 1.08. The fourth-order valence-corrected chi connectivity index (χ4v) is 8.67. The summed E-state index contributed by atoms with van der Waals surface area (Å²) in [6.07, 6.45) is 0. The van der Waals surface area contributed by atoms with Crippen LogP contribution in [0.3, 0.4) is 0 Å². The topological polar surface area (TPSA) is 3.24 Å². The summed E-state index contributed by atoms with van der Waals surface area (Å²) in [6, 6.07) is 58.0. The lowest BCUT2D eigenvalue weighted by molar-refractivity contribution is 0.652. The van der Waals surface area contributed by atoms with Crippen LogP contribution < -0.4 is 10.1 Å². The smallest absolute Gasteiger partial charge is 0.0711 e. The summed E-state index contributed by atoms with van der Waals surface area (Å²) < 4.78 is 0. The van der Waals surface area contributed by atoms with E-state index >= 15 is 0 Å². The Balaban J connectivity index is 1.12. The molecule has 3 radical (unpaired) electrons. The van der Waals surface area contributed by atoms with E-state index in [1.807, 2.05) is 0 Å². The SMILES string of the molecule is CC1(C)c2ccccc2-c2cc3c(cc21)-c1c(-c2ccc(N(c4ccccc4)c4ccc(-c5ccc([Si])cc5)cc4)cc2)cccc1C3(C)C. The number of rotatable bonds is 5. The van der Waals surface area contributed by atoms with Gasteiger partial charge in [0.05, 0.1) is 10.2 Å². The van der Waals surface area contributed by atoms with E-state index in [2.05, 4.69) is 201 Å². The average Bonchev–Trinajstić information content (AvgIpc) is 3.51. The van der Waals surface area contributed by atoms with Crippen molar-refractivity contribution in [3.8, 4) is 44.5 Å². The molecule has 50 heavy (non-hydrogen) atoms. The van der Waals surface area contributed by atoms with Crippen LogP contribution in [0.2, 0.25) is 0 Å². The lowest BCUT2D eigenvalue weighted by Crippen LogP contribution is -2.16. The van der Waals surface area contributed by atoms with Crippen LogP contribution in [0.4, 0.5) is 17.1 Å². The van der Waals surface area contributed by atoms with Gasteiger partial charge in [-0.15, -0.1) is 0 Å². The Bertz CT molecular complexity index is 2400. The standard InChI is InChI=1S/C48H38NSi/c1-47(2)42-15-9-8-13-39(42)40-29-45-41(30-44(40)47)46-38(14-10-16-43(46)48(45,3)4)33-19-25-36(26-20-33)49(34-11-6-5-7-12-34)35-23-17-31(18-24-35)32-21-27-37(50)28-22-32/h5-30H,1-4H3. The molecule has 0 atom stereocenters. The van der Waals surface area contributed by atoms with Gasteiger partial charge in [0.15, 0.2) is 0 Å². The zero-order valence-electron chi connectivity index (χ0n) is 29.0. The number of nitrogens with zero attached hydrogens (tertiary/aromatic N) is 1. The fraction of sp³-hybridized carbons (Fsp3) is 0.125. The van der Waals surface area contributed by atoms with Crippen molar-refractivity contribution in [2.24, 2.45) is 0 Å². The number of fused-ring (bicyclic) bond motifs is 6. The number of hydrogen-bond donors (Lipinski definition) is 0. The first kappa shape index (κ1) is 30.6. The Morgan fingerprint density at radius 1 is 0.380 bits per heavy atom. The second-order valence-corrected chi connectivity index (χ2v) is 15.4. The van der Waals surface area contributed by atoms with Crippen molar-refractivity contribution < 1.29 is 0 Å². The van der Waals surface area contributed by atoms with Crippen LogP contribution >= 0.6 is 0 Å². The molecule has 0 fully saturated rings. The predicted octanol–water partition coefficient (Wildman–Crippen LogP) is 11.9. The Hall–Kier alpha value is -5.44. The maximum atomic E-state index is 3.61. The van der Waals surface area contributed by atoms with Gasteiger partial charge >= 0.3 is 0 Å². The molecule has 0 spiro atoms. The van der Waals surface area contributed by atoms with Crippen LogP contribution in [0, 0.1) is 0 Å². The van der Waals surface area contributed by atoms with Crippen molar-refractivity contribution in [2.45, 2.75) is 38.5 Å². The summed E-state index contributed by atoms with van der Waals surface area (Å²) in [5.74, 6) is 0. The first-order valence-electron chi connectivity index (χ1n) is 17.5. The van der Waals surface area contributed by atoms with Gasteiger partial charge in [-0.1, -0.05) is 142 Å². The first-order valence-corrected chi connectivity index (χ1v) is 18.0. The summed E-state index contributed by atoms with van der Waals surface area (Å²) in [6.45, 7) is 9.54. The van der Waals surface area contributed by atoms with Gasteiger partial charge in [0.25, 0.3) is 0 Å². The van der Waals surface area contributed by atoms with E-state index in [0.717, 1.165) is 22.2 Å². The van der Waals surface area contributed by atoms with Crippen LogP contribution in [-0.4, -0.2) is 10.2 Å². The molecule has 9 rings (SSSR count). The fourth-order valence-electron chi connectivity index (χ4n) is 8.50. The van der Waals surface area contributed by atoms with Gasteiger partial charge in [0, 0.05) is 27.9 Å². The van der Waals surface area contributed by atoms with Crippen molar-refractivity contribution in [1.29, 1.82) is 0 Å². The van der Waals surface area contributed by atoms with Crippen LogP contribution in [-0.2, 0) is 10.8 Å². The highest BCUT2D eigenvalue weighted by Gasteiger charge is 2.42. The summed E-state index contributed by atoms with van der Waals surface area (Å²) >= 11 is 0. The second-order valence-electron chi connectivity index (χ2n) is 14.8. The molecule has 0 heterocycles. The van der Waals surface area contributed by atoms with Crippen molar-refractivity contribution >= 4 is 32.5 Å². The van der Waals surface area contributed by atoms with Gasteiger partial charge < -0.3 is 4.90 Å². The first-order chi connectivity index (χ1) is 24.2. The molecule has 0 amide bonds. The van der Waals surface area contributed by atoms with Crippen molar-refractivity contribution in [2.75, 3.05) is 4.90 Å². The highest BCUT2D eigenvalue weighted by molar-refractivity contribution is 6.32. The van der Waals surface area contributed by atoms with Crippen molar-refractivity contribution in [3.63, 3.8) is 0 Å². The number of para-hydroxylation sites is 1. The molecule has 7 aromatic carbocycles. The van der Waals surface area contributed by atoms with Gasteiger partial charge in [0.2, 0.25) is 0 Å². The Kier molecular flexibility index (Phi) is 6.92. The molecular formula is C48H38NSi. The minimum absolute atomic E-state index is 0.0400. The molecule has 0 aliphatic heterocycles. The van der Waals surface area contributed by atoms with Crippen molar-refractivity contribution in [3.05, 3.63) is 180 Å².